The van der Waals surface area contributed by atoms with Crippen LogP contribution in [-0.2, 0) is 0 Å². The third-order valence-electron chi connectivity index (χ3n) is 5.94. The first-order chi connectivity index (χ1) is 16.7. The first kappa shape index (κ1) is 22.0. The van der Waals surface area contributed by atoms with Crippen LogP contribution in [-0.4, -0.2) is 28.4 Å². The summed E-state index contributed by atoms with van der Waals surface area (Å²) in [5, 5.41) is 4.18. The van der Waals surface area contributed by atoms with Gasteiger partial charge >= 0.3 is 0 Å². The fourth-order valence-electron chi connectivity index (χ4n) is 4.43. The number of rotatable bonds is 7. The van der Waals surface area contributed by atoms with Crippen molar-refractivity contribution in [2.75, 3.05) is 18.6 Å². The Bertz CT molecular complexity index is 1270. The number of pyridine rings is 1. The van der Waals surface area contributed by atoms with E-state index in [1.165, 1.54) is 0 Å². The van der Waals surface area contributed by atoms with Crippen molar-refractivity contribution in [2.24, 2.45) is 0 Å². The van der Waals surface area contributed by atoms with Gasteiger partial charge in [-0.15, -0.1) is 0 Å². The van der Waals surface area contributed by atoms with Crippen LogP contribution in [0.3, 0.4) is 0 Å². The van der Waals surface area contributed by atoms with E-state index in [1.807, 2.05) is 73.8 Å². The average Bonchev–Trinajstić information content (AvgIpc) is 3.50. The number of thiocarbonyl (C=S) groups is 1. The summed E-state index contributed by atoms with van der Waals surface area (Å²) in [5.74, 6) is 1.64. The Morgan fingerprint density at radius 3 is 2.53 bits per heavy atom. The van der Waals surface area contributed by atoms with Crippen molar-refractivity contribution in [3.8, 4) is 17.2 Å². The number of hydrogen-bond donors (Lipinski definition) is 1. The molecule has 2 aromatic heterocycles. The molecule has 2 unspecified atom stereocenters. The molecule has 1 aliphatic heterocycles. The van der Waals surface area contributed by atoms with Crippen LogP contribution in [0.5, 0.6) is 11.5 Å². The van der Waals surface area contributed by atoms with Crippen molar-refractivity contribution < 1.29 is 9.47 Å². The number of anilines is 1. The summed E-state index contributed by atoms with van der Waals surface area (Å²) in [5.41, 5.74) is 4.03. The molecule has 0 spiro atoms. The Hall–Kier alpha value is -3.84. The molecule has 0 radical (unpaired) electrons. The maximum absolute atomic E-state index is 5.86. The smallest absolute Gasteiger partial charge is 0.174 e. The second-order valence-corrected chi connectivity index (χ2v) is 8.31. The standard InChI is InChI=1S/C27H26N4O2S/c1-3-33-21-14-12-19(13-15-21)31-26(25(29-27(31)34)23-10-4-5-16-28-23)24-11-7-17-30(24)20-8-6-9-22(18-20)32-2/h4-18,25-26H,3H2,1-2H3,(H,29,34). The number of ether oxygens (including phenoxy) is 2. The van der Waals surface area contributed by atoms with Gasteiger partial charge in [0.25, 0.3) is 0 Å². The van der Waals surface area contributed by atoms with Gasteiger partial charge in [0.2, 0.25) is 0 Å². The highest BCUT2D eigenvalue weighted by molar-refractivity contribution is 7.80. The number of nitrogens with one attached hydrogen (secondary N) is 1. The molecule has 5 rings (SSSR count). The number of hydrogen-bond acceptors (Lipinski definition) is 4. The van der Waals surface area contributed by atoms with E-state index in [0.29, 0.717) is 11.7 Å². The van der Waals surface area contributed by atoms with Crippen LogP contribution in [0.2, 0.25) is 0 Å². The van der Waals surface area contributed by atoms with Gasteiger partial charge in [0.15, 0.2) is 5.11 Å². The summed E-state index contributed by atoms with van der Waals surface area (Å²) in [6.45, 7) is 2.61. The highest BCUT2D eigenvalue weighted by Crippen LogP contribution is 2.42. The van der Waals surface area contributed by atoms with E-state index in [9.17, 15) is 0 Å². The Kier molecular flexibility index (Phi) is 6.18. The minimum Gasteiger partial charge on any atom is -0.497 e. The molecule has 34 heavy (non-hydrogen) atoms. The number of aromatic nitrogens is 2. The van der Waals surface area contributed by atoms with Crippen LogP contribution in [0.15, 0.2) is 91.3 Å². The van der Waals surface area contributed by atoms with Crippen LogP contribution < -0.4 is 19.7 Å². The molecule has 1 N–H and O–H groups in total. The quantitative estimate of drug-likeness (QED) is 0.362. The molecule has 0 aliphatic carbocycles. The van der Waals surface area contributed by atoms with Crippen LogP contribution in [0, 0.1) is 0 Å². The van der Waals surface area contributed by atoms with Gasteiger partial charge in [0, 0.05) is 35.5 Å². The summed E-state index contributed by atoms with van der Waals surface area (Å²) in [6.07, 6.45) is 3.88. The molecule has 0 amide bonds. The van der Waals surface area contributed by atoms with E-state index in [-0.39, 0.29) is 12.1 Å². The van der Waals surface area contributed by atoms with Crippen molar-refractivity contribution in [2.45, 2.75) is 19.0 Å². The summed E-state index contributed by atoms with van der Waals surface area (Å²) in [4.78, 5) is 6.82. The molecular weight excluding hydrogens is 444 g/mol. The molecular formula is C27H26N4O2S. The minimum absolute atomic E-state index is 0.124. The molecule has 3 heterocycles. The summed E-state index contributed by atoms with van der Waals surface area (Å²) < 4.78 is 13.3. The van der Waals surface area contributed by atoms with Gasteiger partial charge in [-0.2, -0.15) is 0 Å². The molecule has 2 atom stereocenters. The number of nitrogens with zero attached hydrogens (tertiary/aromatic N) is 3. The van der Waals surface area contributed by atoms with Crippen LogP contribution >= 0.6 is 12.2 Å². The lowest BCUT2D eigenvalue weighted by Crippen LogP contribution is -2.30. The normalized spacial score (nSPS) is 17.5. The maximum atomic E-state index is 5.86. The third-order valence-corrected chi connectivity index (χ3v) is 6.25. The topological polar surface area (TPSA) is 51.5 Å². The maximum Gasteiger partial charge on any atom is 0.174 e. The van der Waals surface area contributed by atoms with Gasteiger partial charge < -0.3 is 24.3 Å². The van der Waals surface area contributed by atoms with E-state index in [2.05, 4.69) is 44.2 Å². The first-order valence-corrected chi connectivity index (χ1v) is 11.7. The number of benzene rings is 2. The fourth-order valence-corrected chi connectivity index (χ4v) is 4.78. The zero-order chi connectivity index (χ0) is 23.5. The second-order valence-electron chi connectivity index (χ2n) is 7.93. The van der Waals surface area contributed by atoms with Crippen molar-refractivity contribution in [1.29, 1.82) is 0 Å². The molecule has 0 saturated carbocycles. The van der Waals surface area contributed by atoms with Gasteiger partial charge in [0.05, 0.1) is 25.5 Å². The number of methoxy groups -OCH3 is 1. The van der Waals surface area contributed by atoms with Crippen LogP contribution in [0.1, 0.15) is 30.4 Å². The zero-order valence-corrected chi connectivity index (χ0v) is 19.9. The highest BCUT2D eigenvalue weighted by Gasteiger charge is 2.42. The molecule has 6 nitrogen and oxygen atoms in total. The van der Waals surface area contributed by atoms with Crippen molar-refractivity contribution >= 4 is 23.0 Å². The van der Waals surface area contributed by atoms with Crippen LogP contribution in [0.25, 0.3) is 5.69 Å². The van der Waals surface area contributed by atoms with Gasteiger partial charge in [0.1, 0.15) is 17.5 Å². The summed E-state index contributed by atoms with van der Waals surface area (Å²) >= 11 is 5.86. The second kappa shape index (κ2) is 9.57. The molecule has 1 fully saturated rings. The van der Waals surface area contributed by atoms with E-state index in [1.54, 1.807) is 7.11 Å². The lowest BCUT2D eigenvalue weighted by atomic mass is 10.0. The lowest BCUT2D eigenvalue weighted by molar-refractivity contribution is 0.340. The lowest BCUT2D eigenvalue weighted by Gasteiger charge is -2.29. The van der Waals surface area contributed by atoms with Crippen molar-refractivity contribution in [3.63, 3.8) is 0 Å². The van der Waals surface area contributed by atoms with Crippen molar-refractivity contribution in [3.05, 3.63) is 103 Å². The molecule has 1 saturated heterocycles. The van der Waals surface area contributed by atoms with E-state index in [0.717, 1.165) is 34.3 Å². The van der Waals surface area contributed by atoms with Crippen LogP contribution in [0.4, 0.5) is 5.69 Å². The zero-order valence-electron chi connectivity index (χ0n) is 19.1. The van der Waals surface area contributed by atoms with E-state index >= 15 is 0 Å². The minimum atomic E-state index is -0.125. The Balaban J connectivity index is 1.62. The largest absolute Gasteiger partial charge is 0.497 e. The molecule has 7 heteroatoms. The van der Waals surface area contributed by atoms with Crippen molar-refractivity contribution in [1.82, 2.24) is 14.9 Å². The van der Waals surface area contributed by atoms with Gasteiger partial charge in [-0.25, -0.2) is 0 Å². The first-order valence-electron chi connectivity index (χ1n) is 11.2. The Morgan fingerprint density at radius 2 is 1.79 bits per heavy atom. The van der Waals surface area contributed by atoms with E-state index < -0.39 is 0 Å². The Labute approximate surface area is 204 Å². The molecule has 0 bridgehead atoms. The van der Waals surface area contributed by atoms with Gasteiger partial charge in [-0.3, -0.25) is 4.98 Å². The van der Waals surface area contributed by atoms with Gasteiger partial charge in [-0.05, 0) is 79.8 Å². The fraction of sp³-hybridized carbons (Fsp3) is 0.185. The molecule has 172 valence electrons. The molecule has 1 aliphatic rings. The monoisotopic (exact) mass is 470 g/mol. The molecule has 4 aromatic rings. The predicted octanol–water partition coefficient (Wildman–Crippen LogP) is 5.46. The summed E-state index contributed by atoms with van der Waals surface area (Å²) in [7, 11) is 1.68. The van der Waals surface area contributed by atoms with E-state index in [4.69, 9.17) is 21.7 Å². The average molecular weight is 471 g/mol. The van der Waals surface area contributed by atoms with Gasteiger partial charge in [-0.1, -0.05) is 12.1 Å². The SMILES string of the molecule is CCOc1ccc(N2C(=S)NC(c3ccccn3)C2c2cccn2-c2cccc(OC)c2)cc1. The summed E-state index contributed by atoms with van der Waals surface area (Å²) in [6, 6.07) is 26.0. The highest BCUT2D eigenvalue weighted by atomic mass is 32.1. The molecule has 2 aromatic carbocycles. The predicted molar refractivity (Wildman–Crippen MR) is 138 cm³/mol. The Morgan fingerprint density at radius 1 is 0.941 bits per heavy atom. The third kappa shape index (κ3) is 4.10.